The van der Waals surface area contributed by atoms with Crippen LogP contribution in [0, 0.1) is 12.8 Å². The molecule has 2 aromatic rings. The van der Waals surface area contributed by atoms with E-state index in [9.17, 15) is 9.59 Å². The number of benzene rings is 1. The van der Waals surface area contributed by atoms with Crippen LogP contribution in [0.1, 0.15) is 66.6 Å². The number of carbonyl (C=O) groups excluding carboxylic acids is 2. The van der Waals surface area contributed by atoms with Crippen molar-refractivity contribution in [3.8, 4) is 0 Å². The van der Waals surface area contributed by atoms with Gasteiger partial charge in [0.1, 0.15) is 6.04 Å². The molecule has 1 saturated heterocycles. The van der Waals surface area contributed by atoms with Crippen LogP contribution < -0.4 is 0 Å². The zero-order valence-electron chi connectivity index (χ0n) is 16.9. The number of aromatic nitrogens is 2. The summed E-state index contributed by atoms with van der Waals surface area (Å²) >= 11 is 0. The summed E-state index contributed by atoms with van der Waals surface area (Å²) in [6, 6.07) is 8.80. The number of aryl methyl sites for hydroxylation is 1. The highest BCUT2D eigenvalue weighted by Crippen LogP contribution is 2.30. The quantitative estimate of drug-likeness (QED) is 0.795. The van der Waals surface area contributed by atoms with E-state index in [2.05, 4.69) is 10.1 Å². The van der Waals surface area contributed by atoms with Crippen LogP contribution in [0.15, 0.2) is 34.9 Å². The molecule has 4 rings (SSSR count). The van der Waals surface area contributed by atoms with E-state index in [1.165, 1.54) is 6.42 Å². The van der Waals surface area contributed by atoms with Crippen molar-refractivity contribution in [1.29, 1.82) is 0 Å². The Labute approximate surface area is 171 Å². The maximum Gasteiger partial charge on any atom is 0.254 e. The Hall–Kier alpha value is -2.70. The van der Waals surface area contributed by atoms with Gasteiger partial charge in [-0.05, 0) is 38.3 Å². The van der Waals surface area contributed by atoms with E-state index in [0.717, 1.165) is 32.1 Å². The molecule has 2 fully saturated rings. The van der Waals surface area contributed by atoms with E-state index in [4.69, 9.17) is 4.52 Å². The smallest absolute Gasteiger partial charge is 0.254 e. The predicted octanol–water partition coefficient (Wildman–Crippen LogP) is 3.37. The summed E-state index contributed by atoms with van der Waals surface area (Å²) in [6.07, 6.45) is 6.12. The molecule has 2 aliphatic rings. The first-order valence-electron chi connectivity index (χ1n) is 10.6. The molecule has 29 heavy (non-hydrogen) atoms. The topological polar surface area (TPSA) is 79.5 Å². The molecule has 2 amide bonds. The molecule has 1 aromatic carbocycles. The van der Waals surface area contributed by atoms with Crippen molar-refractivity contribution in [2.75, 3.05) is 19.6 Å². The summed E-state index contributed by atoms with van der Waals surface area (Å²) in [4.78, 5) is 34.5. The molecule has 2 heterocycles. The maximum absolute atomic E-state index is 13.3. The number of nitrogens with zero attached hydrogens (tertiary/aromatic N) is 4. The lowest BCUT2D eigenvalue weighted by atomic mass is 9.88. The Bertz CT molecular complexity index is 845. The van der Waals surface area contributed by atoms with Crippen LogP contribution in [0.5, 0.6) is 0 Å². The zero-order valence-corrected chi connectivity index (χ0v) is 16.9. The van der Waals surface area contributed by atoms with Gasteiger partial charge in [-0.25, -0.2) is 0 Å². The number of amides is 2. The van der Waals surface area contributed by atoms with Gasteiger partial charge in [0.15, 0.2) is 5.82 Å². The first-order chi connectivity index (χ1) is 14.1. The van der Waals surface area contributed by atoms with Gasteiger partial charge >= 0.3 is 0 Å². The molecule has 7 heteroatoms. The lowest BCUT2D eigenvalue weighted by molar-refractivity contribution is -0.137. The van der Waals surface area contributed by atoms with E-state index in [-0.39, 0.29) is 17.7 Å². The van der Waals surface area contributed by atoms with E-state index in [0.29, 0.717) is 36.9 Å². The molecular weight excluding hydrogens is 368 g/mol. The average molecular weight is 396 g/mol. The van der Waals surface area contributed by atoms with E-state index < -0.39 is 6.04 Å². The molecule has 1 atom stereocenters. The molecule has 154 valence electrons. The number of hydrogen-bond acceptors (Lipinski definition) is 5. The van der Waals surface area contributed by atoms with Crippen LogP contribution in [0.2, 0.25) is 0 Å². The highest BCUT2D eigenvalue weighted by atomic mass is 16.5. The Morgan fingerprint density at radius 1 is 1.03 bits per heavy atom. The average Bonchev–Trinajstić information content (AvgIpc) is 3.07. The van der Waals surface area contributed by atoms with Crippen LogP contribution in [-0.2, 0) is 4.79 Å². The van der Waals surface area contributed by atoms with Crippen molar-refractivity contribution < 1.29 is 14.1 Å². The van der Waals surface area contributed by atoms with E-state index >= 15 is 0 Å². The second-order valence-electron chi connectivity index (χ2n) is 8.03. The molecule has 7 nitrogen and oxygen atoms in total. The van der Waals surface area contributed by atoms with Crippen molar-refractivity contribution in [2.24, 2.45) is 5.92 Å². The second-order valence-corrected chi connectivity index (χ2v) is 8.03. The van der Waals surface area contributed by atoms with Crippen LogP contribution >= 0.6 is 0 Å². The molecule has 1 aromatic heterocycles. The summed E-state index contributed by atoms with van der Waals surface area (Å²) in [5, 5.41) is 3.92. The SMILES string of the molecule is Cc1noc(C2CN(C(=O)C3CCCCC3)CCCN2C(=O)c2ccccc2)n1. The van der Waals surface area contributed by atoms with Gasteiger partial charge in [0.2, 0.25) is 5.91 Å². The number of rotatable bonds is 3. The summed E-state index contributed by atoms with van der Waals surface area (Å²) < 4.78 is 5.46. The van der Waals surface area contributed by atoms with Crippen LogP contribution in [0.25, 0.3) is 0 Å². The minimum Gasteiger partial charge on any atom is -0.340 e. The molecule has 1 aliphatic heterocycles. The first-order valence-corrected chi connectivity index (χ1v) is 10.6. The van der Waals surface area contributed by atoms with Crippen LogP contribution in [0.3, 0.4) is 0 Å². The van der Waals surface area contributed by atoms with E-state index in [1.807, 2.05) is 35.2 Å². The Morgan fingerprint density at radius 3 is 2.48 bits per heavy atom. The summed E-state index contributed by atoms with van der Waals surface area (Å²) in [7, 11) is 0. The lowest BCUT2D eigenvalue weighted by Crippen LogP contribution is -2.42. The van der Waals surface area contributed by atoms with Gasteiger partial charge in [-0.1, -0.05) is 42.6 Å². The molecule has 1 saturated carbocycles. The Morgan fingerprint density at radius 2 is 1.79 bits per heavy atom. The molecular formula is C22H28N4O3. The fourth-order valence-electron chi connectivity index (χ4n) is 4.44. The van der Waals surface area contributed by atoms with Gasteiger partial charge in [0.05, 0.1) is 6.54 Å². The van der Waals surface area contributed by atoms with E-state index in [1.54, 1.807) is 11.8 Å². The van der Waals surface area contributed by atoms with Gasteiger partial charge in [-0.3, -0.25) is 9.59 Å². The highest BCUT2D eigenvalue weighted by Gasteiger charge is 2.37. The minimum absolute atomic E-state index is 0.0709. The third-order valence-electron chi connectivity index (χ3n) is 5.97. The third kappa shape index (κ3) is 4.33. The highest BCUT2D eigenvalue weighted by molar-refractivity contribution is 5.94. The van der Waals surface area contributed by atoms with Gasteiger partial charge in [0.25, 0.3) is 11.8 Å². The van der Waals surface area contributed by atoms with Crippen molar-refractivity contribution in [3.63, 3.8) is 0 Å². The normalized spacial score (nSPS) is 21.1. The Kier molecular flexibility index (Phi) is 5.92. The molecule has 0 bridgehead atoms. The van der Waals surface area contributed by atoms with Crippen molar-refractivity contribution >= 4 is 11.8 Å². The van der Waals surface area contributed by atoms with Gasteiger partial charge in [-0.2, -0.15) is 4.98 Å². The van der Waals surface area contributed by atoms with Gasteiger partial charge < -0.3 is 14.3 Å². The van der Waals surface area contributed by atoms with Crippen molar-refractivity contribution in [3.05, 3.63) is 47.6 Å². The predicted molar refractivity (Wildman–Crippen MR) is 107 cm³/mol. The minimum atomic E-state index is -0.432. The fourth-order valence-corrected chi connectivity index (χ4v) is 4.44. The number of hydrogen-bond donors (Lipinski definition) is 0. The number of carbonyl (C=O) groups is 2. The molecule has 1 aliphatic carbocycles. The molecule has 0 radical (unpaired) electrons. The van der Waals surface area contributed by atoms with Crippen molar-refractivity contribution in [2.45, 2.75) is 51.5 Å². The van der Waals surface area contributed by atoms with Gasteiger partial charge in [-0.15, -0.1) is 0 Å². The molecule has 0 N–H and O–H groups in total. The first kappa shape index (κ1) is 19.6. The maximum atomic E-state index is 13.3. The van der Waals surface area contributed by atoms with Gasteiger partial charge in [0, 0.05) is 24.6 Å². The van der Waals surface area contributed by atoms with Crippen LogP contribution in [0.4, 0.5) is 0 Å². The summed E-state index contributed by atoms with van der Waals surface area (Å²) in [5.41, 5.74) is 0.626. The second kappa shape index (κ2) is 8.76. The lowest BCUT2D eigenvalue weighted by Gasteiger charge is -2.32. The fraction of sp³-hybridized carbons (Fsp3) is 0.545. The molecule has 1 unspecified atom stereocenters. The largest absolute Gasteiger partial charge is 0.340 e. The Balaban J connectivity index is 1.60. The molecule has 0 spiro atoms. The van der Waals surface area contributed by atoms with Crippen LogP contribution in [-0.4, -0.2) is 51.4 Å². The standard InChI is InChI=1S/C22H28N4O3/c1-16-23-20(29-24-16)19-15-25(21(27)17-9-4-2-5-10-17)13-8-14-26(19)22(28)18-11-6-3-7-12-18/h3,6-7,11-12,17,19H,2,4-5,8-10,13-15H2,1H3. The summed E-state index contributed by atoms with van der Waals surface area (Å²) in [6.45, 7) is 3.36. The summed E-state index contributed by atoms with van der Waals surface area (Å²) in [5.74, 6) is 1.17. The monoisotopic (exact) mass is 396 g/mol. The van der Waals surface area contributed by atoms with Crippen molar-refractivity contribution in [1.82, 2.24) is 19.9 Å². The third-order valence-corrected chi connectivity index (χ3v) is 5.97. The zero-order chi connectivity index (χ0) is 20.2.